The molecule has 6 heteroatoms. The van der Waals surface area contributed by atoms with E-state index >= 15 is 0 Å². The molecule has 1 aromatic carbocycles. The number of para-hydroxylation sites is 1. The van der Waals surface area contributed by atoms with Gasteiger partial charge in [0.25, 0.3) is 4.84 Å². The van der Waals surface area contributed by atoms with Gasteiger partial charge in [-0.3, -0.25) is 5.32 Å². The smallest absolute Gasteiger partial charge is 0.266 e. The first-order chi connectivity index (χ1) is 9.28. The van der Waals surface area contributed by atoms with Gasteiger partial charge in [-0.1, -0.05) is 18.2 Å². The number of benzene rings is 1. The summed E-state index contributed by atoms with van der Waals surface area (Å²) in [7, 11) is 1.89. The Bertz CT molecular complexity index is 539. The average Bonchev–Trinajstić information content (AvgIpc) is 2.84. The van der Waals surface area contributed by atoms with Gasteiger partial charge in [-0.05, 0) is 31.4 Å². The highest BCUT2D eigenvalue weighted by Gasteiger charge is 2.08. The van der Waals surface area contributed by atoms with Crippen molar-refractivity contribution in [3.63, 3.8) is 0 Å². The number of H-pyrrole nitrogens is 1. The molecule has 0 amide bonds. The van der Waals surface area contributed by atoms with Gasteiger partial charge in [-0.2, -0.15) is 0 Å². The molecule has 19 heavy (non-hydrogen) atoms. The van der Waals surface area contributed by atoms with E-state index in [1.165, 1.54) is 0 Å². The molecule has 1 unspecified atom stereocenters. The van der Waals surface area contributed by atoms with Gasteiger partial charge in [0.05, 0.1) is 5.75 Å². The van der Waals surface area contributed by atoms with Crippen LogP contribution in [0.2, 0.25) is 0 Å². The molecule has 2 aromatic rings. The quantitative estimate of drug-likeness (QED) is 0.607. The first-order valence-corrected chi connectivity index (χ1v) is 7.48. The highest BCUT2D eigenvalue weighted by atomic mass is 32.2. The Labute approximate surface area is 121 Å². The molecule has 0 saturated carbocycles. The van der Waals surface area contributed by atoms with Crippen molar-refractivity contribution in [2.24, 2.45) is 0 Å². The Hall–Kier alpha value is -1.24. The molecule has 2 rings (SSSR count). The number of oxazole rings is 1. The lowest BCUT2D eigenvalue weighted by Crippen LogP contribution is -2.33. The van der Waals surface area contributed by atoms with Crippen LogP contribution in [0.3, 0.4) is 0 Å². The summed E-state index contributed by atoms with van der Waals surface area (Å²) < 4.78 is 11.1. The molecule has 102 valence electrons. The summed E-state index contributed by atoms with van der Waals surface area (Å²) in [5.74, 6) is 3.30. The highest BCUT2D eigenvalue weighted by molar-refractivity contribution is 7.98. The van der Waals surface area contributed by atoms with Crippen LogP contribution in [0.4, 0.5) is 0 Å². The second kappa shape index (κ2) is 7.37. The molecular weight excluding hydrogens is 280 g/mol. The van der Waals surface area contributed by atoms with E-state index in [0.717, 1.165) is 23.0 Å². The Morgan fingerprint density at radius 3 is 2.84 bits per heavy atom. The van der Waals surface area contributed by atoms with Crippen LogP contribution in [0.5, 0.6) is 5.75 Å². The molecule has 1 aromatic heterocycles. The van der Waals surface area contributed by atoms with Gasteiger partial charge in [0.1, 0.15) is 11.5 Å². The minimum atomic E-state index is -0.0330. The predicted molar refractivity (Wildman–Crippen MR) is 80.0 cm³/mol. The van der Waals surface area contributed by atoms with E-state index in [2.05, 4.69) is 10.3 Å². The lowest BCUT2D eigenvalue weighted by molar-refractivity contribution is 0.198. The van der Waals surface area contributed by atoms with E-state index in [1.54, 1.807) is 18.0 Å². The van der Waals surface area contributed by atoms with Crippen molar-refractivity contribution >= 4 is 24.0 Å². The van der Waals surface area contributed by atoms with Crippen LogP contribution in [-0.2, 0) is 5.75 Å². The van der Waals surface area contributed by atoms with Crippen LogP contribution in [0.15, 0.2) is 40.9 Å². The number of hydrogen-bond donors (Lipinski definition) is 2. The number of rotatable bonds is 7. The number of aromatic nitrogens is 1. The molecule has 0 bridgehead atoms. The largest absolute Gasteiger partial charge is 0.474 e. The maximum atomic E-state index is 5.82. The molecule has 0 spiro atoms. The van der Waals surface area contributed by atoms with Gasteiger partial charge in [-0.15, -0.1) is 11.8 Å². The number of aromatic amines is 1. The monoisotopic (exact) mass is 296 g/mol. The lowest BCUT2D eigenvalue weighted by Gasteiger charge is -2.17. The molecule has 0 aliphatic carbocycles. The maximum absolute atomic E-state index is 5.82. The molecule has 0 radical (unpaired) electrons. The molecule has 0 saturated heterocycles. The van der Waals surface area contributed by atoms with Crippen molar-refractivity contribution in [3.05, 3.63) is 47.1 Å². The Morgan fingerprint density at radius 2 is 2.21 bits per heavy atom. The minimum Gasteiger partial charge on any atom is -0.474 e. The average molecular weight is 296 g/mol. The van der Waals surface area contributed by atoms with Crippen molar-refractivity contribution < 1.29 is 9.15 Å². The van der Waals surface area contributed by atoms with Crippen molar-refractivity contribution in [1.29, 1.82) is 0 Å². The zero-order chi connectivity index (χ0) is 13.5. The van der Waals surface area contributed by atoms with Crippen LogP contribution in [0.1, 0.15) is 5.76 Å². The molecule has 0 aliphatic heterocycles. The summed E-state index contributed by atoms with van der Waals surface area (Å²) in [6.07, 6.45) is 1.76. The standard InChI is InChI=1S/C13H16N2O2S2/c1-14-12(16-10-5-3-2-4-6-10)9-19-8-11-7-15-13(18)17-11/h2-7,12,14H,8-9H2,1H3,(H,15,18). The molecule has 0 aliphatic rings. The lowest BCUT2D eigenvalue weighted by atomic mass is 10.3. The van der Waals surface area contributed by atoms with Crippen molar-refractivity contribution in [1.82, 2.24) is 10.3 Å². The molecule has 4 nitrogen and oxygen atoms in total. The molecule has 0 fully saturated rings. The van der Waals surface area contributed by atoms with E-state index in [0.29, 0.717) is 4.84 Å². The summed E-state index contributed by atoms with van der Waals surface area (Å²) in [6.45, 7) is 0. The van der Waals surface area contributed by atoms with E-state index in [4.69, 9.17) is 21.4 Å². The van der Waals surface area contributed by atoms with E-state index in [9.17, 15) is 0 Å². The zero-order valence-corrected chi connectivity index (χ0v) is 12.2. The van der Waals surface area contributed by atoms with Gasteiger partial charge in [0.15, 0.2) is 6.23 Å². The van der Waals surface area contributed by atoms with Crippen molar-refractivity contribution in [2.45, 2.75) is 12.0 Å². The zero-order valence-electron chi connectivity index (χ0n) is 10.6. The maximum Gasteiger partial charge on any atom is 0.266 e. The summed E-state index contributed by atoms with van der Waals surface area (Å²) in [4.78, 5) is 3.27. The van der Waals surface area contributed by atoms with Gasteiger partial charge in [0.2, 0.25) is 0 Å². The van der Waals surface area contributed by atoms with Crippen LogP contribution >= 0.6 is 24.0 Å². The van der Waals surface area contributed by atoms with Crippen molar-refractivity contribution in [2.75, 3.05) is 12.8 Å². The summed E-state index contributed by atoms with van der Waals surface area (Å²) in [6, 6.07) is 9.77. The third kappa shape index (κ3) is 4.74. The van der Waals surface area contributed by atoms with Gasteiger partial charge in [0, 0.05) is 11.9 Å². The molecule has 1 atom stereocenters. The topological polar surface area (TPSA) is 50.2 Å². The van der Waals surface area contributed by atoms with Crippen LogP contribution < -0.4 is 10.1 Å². The molecular formula is C13H16N2O2S2. The second-order valence-electron chi connectivity index (χ2n) is 3.87. The Morgan fingerprint density at radius 1 is 1.42 bits per heavy atom. The Kier molecular flexibility index (Phi) is 5.50. The molecule has 2 N–H and O–H groups in total. The third-order valence-corrected chi connectivity index (χ3v) is 3.66. The first-order valence-electron chi connectivity index (χ1n) is 5.92. The number of hydrogen-bond acceptors (Lipinski definition) is 5. The van der Waals surface area contributed by atoms with Crippen LogP contribution in [0.25, 0.3) is 0 Å². The van der Waals surface area contributed by atoms with Gasteiger partial charge >= 0.3 is 0 Å². The van der Waals surface area contributed by atoms with E-state index in [-0.39, 0.29) is 6.23 Å². The SMILES string of the molecule is CNC(CSCc1c[nH]c(=S)o1)Oc1ccccc1. The normalized spacial score (nSPS) is 12.3. The van der Waals surface area contributed by atoms with Crippen molar-refractivity contribution in [3.8, 4) is 5.75 Å². The van der Waals surface area contributed by atoms with Gasteiger partial charge in [-0.25, -0.2) is 0 Å². The van der Waals surface area contributed by atoms with Crippen LogP contribution in [-0.4, -0.2) is 24.0 Å². The predicted octanol–water partition coefficient (Wildman–Crippen LogP) is 3.19. The number of ether oxygens (including phenoxy) is 1. The second-order valence-corrected chi connectivity index (χ2v) is 5.27. The summed E-state index contributed by atoms with van der Waals surface area (Å²) in [5, 5.41) is 3.14. The summed E-state index contributed by atoms with van der Waals surface area (Å²) >= 11 is 6.60. The van der Waals surface area contributed by atoms with Gasteiger partial charge < -0.3 is 14.1 Å². The fraction of sp³-hybridized carbons (Fsp3) is 0.308. The minimum absolute atomic E-state index is 0.0330. The highest BCUT2D eigenvalue weighted by Crippen LogP contribution is 2.16. The van der Waals surface area contributed by atoms with E-state index < -0.39 is 0 Å². The van der Waals surface area contributed by atoms with E-state index in [1.807, 2.05) is 37.4 Å². The first kappa shape index (κ1) is 14.2. The summed E-state index contributed by atoms with van der Waals surface area (Å²) in [5.41, 5.74) is 0. The third-order valence-electron chi connectivity index (χ3n) is 2.43. The number of nitrogens with one attached hydrogen (secondary N) is 2. The Balaban J connectivity index is 1.78. The van der Waals surface area contributed by atoms with Crippen LogP contribution in [0, 0.1) is 4.84 Å². The fourth-order valence-electron chi connectivity index (χ4n) is 1.49. The number of thioether (sulfide) groups is 1. The fourth-order valence-corrected chi connectivity index (χ4v) is 2.57. The molecule has 1 heterocycles.